The number of aryl methyl sites for hydroxylation is 1. The van der Waals surface area contributed by atoms with E-state index >= 15 is 0 Å². The molecule has 0 atom stereocenters. The van der Waals surface area contributed by atoms with E-state index in [0.29, 0.717) is 17.5 Å². The van der Waals surface area contributed by atoms with Crippen molar-refractivity contribution in [2.75, 3.05) is 0 Å². The monoisotopic (exact) mass is 367 g/mol. The predicted octanol–water partition coefficient (Wildman–Crippen LogP) is 4.16. The fourth-order valence-corrected chi connectivity index (χ4v) is 3.98. The molecular formula is C15H18BrN3OS. The lowest BCUT2D eigenvalue weighted by molar-refractivity contribution is 0.355. The lowest BCUT2D eigenvalue weighted by Crippen LogP contribution is -2.34. The first-order chi connectivity index (χ1) is 10.1. The molecule has 1 saturated carbocycles. The first kappa shape index (κ1) is 15.1. The summed E-state index contributed by atoms with van der Waals surface area (Å²) in [5.41, 5.74) is 7.21. The maximum Gasteiger partial charge on any atom is 0.237 e. The van der Waals surface area contributed by atoms with Crippen LogP contribution in [-0.2, 0) is 11.3 Å². The van der Waals surface area contributed by atoms with Crippen LogP contribution < -0.4 is 5.73 Å². The molecule has 0 saturated heterocycles. The van der Waals surface area contributed by atoms with E-state index in [9.17, 15) is 0 Å². The van der Waals surface area contributed by atoms with Crippen molar-refractivity contribution in [3.8, 4) is 0 Å². The number of nitrogens with zero attached hydrogens (tertiary/aromatic N) is 2. The summed E-state index contributed by atoms with van der Waals surface area (Å²) in [5.74, 6) is 1.99. The molecule has 1 fully saturated rings. The van der Waals surface area contributed by atoms with Crippen LogP contribution in [0.15, 0.2) is 32.1 Å². The Morgan fingerprint density at radius 1 is 1.38 bits per heavy atom. The molecule has 1 aromatic carbocycles. The van der Waals surface area contributed by atoms with Gasteiger partial charge >= 0.3 is 0 Å². The topological polar surface area (TPSA) is 64.9 Å². The van der Waals surface area contributed by atoms with Crippen LogP contribution in [-0.4, -0.2) is 10.1 Å². The van der Waals surface area contributed by atoms with Crippen molar-refractivity contribution < 1.29 is 4.52 Å². The molecule has 21 heavy (non-hydrogen) atoms. The quantitative estimate of drug-likeness (QED) is 0.821. The van der Waals surface area contributed by atoms with Crippen LogP contribution in [0.1, 0.15) is 43.0 Å². The van der Waals surface area contributed by atoms with Gasteiger partial charge in [-0.3, -0.25) is 0 Å². The Morgan fingerprint density at radius 2 is 2.14 bits per heavy atom. The Hall–Kier alpha value is -0.850. The molecule has 6 heteroatoms. The van der Waals surface area contributed by atoms with E-state index in [0.717, 1.165) is 30.2 Å². The zero-order valence-electron chi connectivity index (χ0n) is 11.9. The van der Waals surface area contributed by atoms with Crippen LogP contribution >= 0.6 is 27.7 Å². The maximum absolute atomic E-state index is 6.34. The number of benzene rings is 1. The van der Waals surface area contributed by atoms with E-state index in [1.807, 2.05) is 6.07 Å². The van der Waals surface area contributed by atoms with Crippen LogP contribution in [0.4, 0.5) is 0 Å². The molecule has 4 nitrogen and oxygen atoms in total. The van der Waals surface area contributed by atoms with E-state index < -0.39 is 0 Å². The Balaban J connectivity index is 1.67. The van der Waals surface area contributed by atoms with E-state index in [1.54, 1.807) is 11.8 Å². The molecule has 0 radical (unpaired) electrons. The van der Waals surface area contributed by atoms with E-state index in [-0.39, 0.29) is 5.54 Å². The summed E-state index contributed by atoms with van der Waals surface area (Å²) in [6, 6.07) is 6.25. The van der Waals surface area contributed by atoms with Gasteiger partial charge in [0.05, 0.1) is 11.3 Å². The molecule has 1 aromatic heterocycles. The van der Waals surface area contributed by atoms with Gasteiger partial charge in [0.2, 0.25) is 5.89 Å². The van der Waals surface area contributed by atoms with Gasteiger partial charge in [-0.2, -0.15) is 4.98 Å². The van der Waals surface area contributed by atoms with Gasteiger partial charge in [-0.05, 0) is 43.5 Å². The SMILES string of the molecule is Cc1cc(Br)ccc1SCc1nc(C2(N)CCCC2)no1. The number of thioether (sulfide) groups is 1. The number of aromatic nitrogens is 2. The molecule has 3 rings (SSSR count). The molecule has 0 unspecified atom stereocenters. The van der Waals surface area contributed by atoms with Crippen molar-refractivity contribution in [2.45, 2.75) is 48.8 Å². The second-order valence-corrected chi connectivity index (χ2v) is 7.51. The minimum atomic E-state index is -0.375. The van der Waals surface area contributed by atoms with Crippen molar-refractivity contribution in [3.05, 3.63) is 40.0 Å². The number of halogens is 1. The molecule has 0 aliphatic heterocycles. The summed E-state index contributed by atoms with van der Waals surface area (Å²) in [5, 5.41) is 4.09. The number of hydrogen-bond donors (Lipinski definition) is 1. The summed E-state index contributed by atoms with van der Waals surface area (Å²) in [6.07, 6.45) is 4.19. The van der Waals surface area contributed by atoms with Crippen LogP contribution in [0.3, 0.4) is 0 Å². The highest BCUT2D eigenvalue weighted by molar-refractivity contribution is 9.10. The molecule has 1 heterocycles. The van der Waals surface area contributed by atoms with Crippen molar-refractivity contribution in [3.63, 3.8) is 0 Å². The third kappa shape index (κ3) is 3.33. The van der Waals surface area contributed by atoms with Crippen molar-refractivity contribution >= 4 is 27.7 Å². The van der Waals surface area contributed by atoms with Gasteiger partial charge in [-0.1, -0.05) is 33.9 Å². The fraction of sp³-hybridized carbons (Fsp3) is 0.467. The third-order valence-electron chi connectivity index (χ3n) is 3.90. The van der Waals surface area contributed by atoms with Crippen LogP contribution in [0.25, 0.3) is 0 Å². The Labute approximate surface area is 137 Å². The Morgan fingerprint density at radius 3 is 2.86 bits per heavy atom. The van der Waals surface area contributed by atoms with Gasteiger partial charge in [-0.15, -0.1) is 11.8 Å². The van der Waals surface area contributed by atoms with Gasteiger partial charge in [-0.25, -0.2) is 0 Å². The number of rotatable bonds is 4. The average molecular weight is 368 g/mol. The number of nitrogens with two attached hydrogens (primary N) is 1. The maximum atomic E-state index is 6.34. The van der Waals surface area contributed by atoms with Crippen LogP contribution in [0.5, 0.6) is 0 Å². The Kier molecular flexibility index (Phi) is 4.38. The third-order valence-corrected chi connectivity index (χ3v) is 5.55. The smallest absolute Gasteiger partial charge is 0.237 e. The summed E-state index contributed by atoms with van der Waals surface area (Å²) in [7, 11) is 0. The van der Waals surface area contributed by atoms with Gasteiger partial charge < -0.3 is 10.3 Å². The molecule has 1 aliphatic rings. The summed E-state index contributed by atoms with van der Waals surface area (Å²) in [6.45, 7) is 2.10. The highest BCUT2D eigenvalue weighted by Crippen LogP contribution is 2.35. The highest BCUT2D eigenvalue weighted by Gasteiger charge is 2.35. The minimum absolute atomic E-state index is 0.375. The average Bonchev–Trinajstić information content (AvgIpc) is 3.08. The largest absolute Gasteiger partial charge is 0.338 e. The van der Waals surface area contributed by atoms with Gasteiger partial charge in [0, 0.05) is 9.37 Å². The fourth-order valence-electron chi connectivity index (χ4n) is 2.66. The molecule has 112 valence electrons. The number of hydrogen-bond acceptors (Lipinski definition) is 5. The molecule has 2 N–H and O–H groups in total. The van der Waals surface area contributed by atoms with Gasteiger partial charge in [0.25, 0.3) is 0 Å². The van der Waals surface area contributed by atoms with Crippen LogP contribution in [0, 0.1) is 6.92 Å². The first-order valence-corrected chi connectivity index (χ1v) is 8.86. The molecular weight excluding hydrogens is 350 g/mol. The predicted molar refractivity (Wildman–Crippen MR) is 87.1 cm³/mol. The zero-order valence-corrected chi connectivity index (χ0v) is 14.3. The van der Waals surface area contributed by atoms with E-state index in [1.165, 1.54) is 10.5 Å². The minimum Gasteiger partial charge on any atom is -0.338 e. The lowest BCUT2D eigenvalue weighted by atomic mass is 9.99. The summed E-state index contributed by atoms with van der Waals surface area (Å²) >= 11 is 5.18. The Bertz CT molecular complexity index is 638. The standard InChI is InChI=1S/C15H18BrN3OS/c1-10-8-11(16)4-5-12(10)21-9-13-18-14(19-20-13)15(17)6-2-3-7-15/h4-5,8H,2-3,6-7,9,17H2,1H3. The second-order valence-electron chi connectivity index (χ2n) is 5.57. The van der Waals surface area contributed by atoms with E-state index in [4.69, 9.17) is 10.3 Å². The normalized spacial score (nSPS) is 17.3. The van der Waals surface area contributed by atoms with Gasteiger partial charge in [0.15, 0.2) is 5.82 Å². The lowest BCUT2D eigenvalue weighted by Gasteiger charge is -2.17. The molecule has 0 amide bonds. The second kappa shape index (κ2) is 6.10. The van der Waals surface area contributed by atoms with Crippen molar-refractivity contribution in [1.29, 1.82) is 0 Å². The zero-order chi connectivity index (χ0) is 14.9. The molecule has 0 bridgehead atoms. The first-order valence-electron chi connectivity index (χ1n) is 7.08. The molecule has 2 aromatic rings. The van der Waals surface area contributed by atoms with Crippen molar-refractivity contribution in [2.24, 2.45) is 5.73 Å². The van der Waals surface area contributed by atoms with Gasteiger partial charge in [0.1, 0.15) is 0 Å². The summed E-state index contributed by atoms with van der Waals surface area (Å²) in [4.78, 5) is 5.72. The van der Waals surface area contributed by atoms with Crippen LogP contribution in [0.2, 0.25) is 0 Å². The highest BCUT2D eigenvalue weighted by atomic mass is 79.9. The molecule has 0 spiro atoms. The van der Waals surface area contributed by atoms with Crippen molar-refractivity contribution in [1.82, 2.24) is 10.1 Å². The summed E-state index contributed by atoms with van der Waals surface area (Å²) < 4.78 is 6.45. The molecule has 1 aliphatic carbocycles. The van der Waals surface area contributed by atoms with E-state index in [2.05, 4.69) is 45.1 Å².